The minimum absolute atomic E-state index is 0.258. The first-order chi connectivity index (χ1) is 9.24. The fourth-order valence-corrected chi connectivity index (χ4v) is 3.42. The number of benzene rings is 1. The van der Waals surface area contributed by atoms with Gasteiger partial charge in [-0.05, 0) is 42.9 Å². The molecular formula is C15H17FN2O. The highest BCUT2D eigenvalue weighted by Gasteiger charge is 2.45. The predicted molar refractivity (Wildman–Crippen MR) is 69.6 cm³/mol. The molecule has 4 heteroatoms. The van der Waals surface area contributed by atoms with Crippen molar-refractivity contribution in [2.24, 2.45) is 5.92 Å². The summed E-state index contributed by atoms with van der Waals surface area (Å²) in [6, 6.07) is 5.08. The first-order valence-electron chi connectivity index (χ1n) is 6.99. The van der Waals surface area contributed by atoms with Gasteiger partial charge in [0.1, 0.15) is 11.7 Å². The molecule has 0 amide bonds. The highest BCUT2D eigenvalue weighted by atomic mass is 19.1. The second-order valence-corrected chi connectivity index (χ2v) is 5.81. The van der Waals surface area contributed by atoms with E-state index in [2.05, 4.69) is 4.90 Å². The molecule has 0 spiro atoms. The number of rotatable bonds is 2. The molecule has 0 aromatic heterocycles. The fourth-order valence-electron chi connectivity index (χ4n) is 3.42. The van der Waals surface area contributed by atoms with E-state index in [0.717, 1.165) is 30.7 Å². The summed E-state index contributed by atoms with van der Waals surface area (Å²) >= 11 is 0. The lowest BCUT2D eigenvalue weighted by Crippen LogP contribution is -2.42. The number of halogens is 1. The molecule has 4 rings (SSSR count). The Morgan fingerprint density at radius 2 is 2.11 bits per heavy atom. The van der Waals surface area contributed by atoms with Crippen molar-refractivity contribution in [1.82, 2.24) is 4.90 Å². The molecule has 2 heterocycles. The molecule has 3 aliphatic rings. The summed E-state index contributed by atoms with van der Waals surface area (Å²) in [5, 5.41) is 8.30. The molecule has 2 aliphatic heterocycles. The van der Waals surface area contributed by atoms with Crippen molar-refractivity contribution >= 4 is 5.84 Å². The molecular weight excluding hydrogens is 243 g/mol. The molecule has 1 aromatic carbocycles. The average Bonchev–Trinajstić information content (AvgIpc) is 3.05. The largest absolute Gasteiger partial charge is 0.376 e. The maximum atomic E-state index is 13.3. The van der Waals surface area contributed by atoms with Crippen LogP contribution < -0.4 is 0 Å². The van der Waals surface area contributed by atoms with Crippen molar-refractivity contribution in [1.29, 1.82) is 5.41 Å². The topological polar surface area (TPSA) is 36.3 Å². The van der Waals surface area contributed by atoms with Gasteiger partial charge >= 0.3 is 0 Å². The molecule has 100 valence electrons. The molecule has 1 aromatic rings. The van der Waals surface area contributed by atoms with E-state index in [1.807, 2.05) is 0 Å². The minimum atomic E-state index is -0.258. The van der Waals surface area contributed by atoms with Crippen LogP contribution in [-0.4, -0.2) is 29.5 Å². The van der Waals surface area contributed by atoms with E-state index in [-0.39, 0.29) is 11.9 Å². The van der Waals surface area contributed by atoms with Gasteiger partial charge in [0.2, 0.25) is 0 Å². The van der Waals surface area contributed by atoms with Crippen molar-refractivity contribution in [2.75, 3.05) is 6.61 Å². The molecule has 1 saturated heterocycles. The predicted octanol–water partition coefficient (Wildman–Crippen LogP) is 2.53. The van der Waals surface area contributed by atoms with Crippen LogP contribution in [0.5, 0.6) is 0 Å². The van der Waals surface area contributed by atoms with E-state index in [1.165, 1.54) is 25.0 Å². The van der Waals surface area contributed by atoms with Crippen LogP contribution in [0.4, 0.5) is 4.39 Å². The third-order valence-electron chi connectivity index (χ3n) is 4.55. The number of fused-ring (bicyclic) bond motifs is 1. The second kappa shape index (κ2) is 4.04. The second-order valence-electron chi connectivity index (χ2n) is 5.81. The van der Waals surface area contributed by atoms with Crippen molar-refractivity contribution in [3.63, 3.8) is 0 Å². The van der Waals surface area contributed by atoms with Gasteiger partial charge in [0.15, 0.2) is 0 Å². The average molecular weight is 260 g/mol. The van der Waals surface area contributed by atoms with E-state index in [4.69, 9.17) is 10.1 Å². The molecule has 1 aliphatic carbocycles. The standard InChI is InChI=1S/C15H17FN2O/c16-11-4-3-10-8-18(15(17)12(10)7-11)13-5-6-19-14(13)9-1-2-9/h3-4,7,9,13-14,17H,1-2,5-6,8H2. The van der Waals surface area contributed by atoms with E-state index < -0.39 is 0 Å². The highest BCUT2D eigenvalue weighted by Crippen LogP contribution is 2.42. The van der Waals surface area contributed by atoms with Crippen LogP contribution in [0.3, 0.4) is 0 Å². The third-order valence-corrected chi connectivity index (χ3v) is 4.55. The lowest BCUT2D eigenvalue weighted by atomic mass is 10.0. The van der Waals surface area contributed by atoms with Gasteiger partial charge in [0.05, 0.1) is 12.1 Å². The smallest absolute Gasteiger partial charge is 0.129 e. The number of amidine groups is 1. The van der Waals surface area contributed by atoms with Gasteiger partial charge in [-0.2, -0.15) is 0 Å². The summed E-state index contributed by atoms with van der Waals surface area (Å²) in [6.45, 7) is 1.52. The van der Waals surface area contributed by atoms with Crippen LogP contribution in [0.1, 0.15) is 30.4 Å². The maximum absolute atomic E-state index is 13.3. The first-order valence-corrected chi connectivity index (χ1v) is 6.99. The Kier molecular flexibility index (Phi) is 2.42. The molecule has 1 saturated carbocycles. The molecule has 0 bridgehead atoms. The summed E-state index contributed by atoms with van der Waals surface area (Å²) < 4.78 is 19.2. The van der Waals surface area contributed by atoms with Crippen molar-refractivity contribution in [3.8, 4) is 0 Å². The Bertz CT molecular complexity index is 541. The van der Waals surface area contributed by atoms with Gasteiger partial charge in [-0.15, -0.1) is 0 Å². The fraction of sp³-hybridized carbons (Fsp3) is 0.533. The summed E-state index contributed by atoms with van der Waals surface area (Å²) in [7, 11) is 0. The Morgan fingerprint density at radius 3 is 2.89 bits per heavy atom. The number of nitrogens with one attached hydrogen (secondary N) is 1. The zero-order chi connectivity index (χ0) is 13.0. The number of hydrogen-bond donors (Lipinski definition) is 1. The zero-order valence-electron chi connectivity index (χ0n) is 10.7. The van der Waals surface area contributed by atoms with Crippen LogP contribution in [0.25, 0.3) is 0 Å². The van der Waals surface area contributed by atoms with Gasteiger partial charge in [0.25, 0.3) is 0 Å². The lowest BCUT2D eigenvalue weighted by molar-refractivity contribution is 0.0635. The van der Waals surface area contributed by atoms with Crippen molar-refractivity contribution in [2.45, 2.75) is 38.0 Å². The van der Waals surface area contributed by atoms with Gasteiger partial charge in [0, 0.05) is 18.7 Å². The molecule has 0 radical (unpaired) electrons. The molecule has 2 atom stereocenters. The Morgan fingerprint density at radius 1 is 1.26 bits per heavy atom. The SMILES string of the molecule is N=C1c2cc(F)ccc2CN1C1CCOC1C1CC1. The first kappa shape index (κ1) is 11.4. The van der Waals surface area contributed by atoms with Gasteiger partial charge in [-0.1, -0.05) is 6.07 Å². The Balaban J connectivity index is 1.62. The van der Waals surface area contributed by atoms with Gasteiger partial charge in [-0.3, -0.25) is 5.41 Å². The van der Waals surface area contributed by atoms with Gasteiger partial charge in [-0.25, -0.2) is 4.39 Å². The normalized spacial score (nSPS) is 29.9. The summed E-state index contributed by atoms with van der Waals surface area (Å²) in [5.74, 6) is 0.892. The monoisotopic (exact) mass is 260 g/mol. The summed E-state index contributed by atoms with van der Waals surface area (Å²) in [6.07, 6.45) is 3.77. The van der Waals surface area contributed by atoms with Crippen LogP contribution in [0.2, 0.25) is 0 Å². The van der Waals surface area contributed by atoms with Crippen LogP contribution in [0.15, 0.2) is 18.2 Å². The minimum Gasteiger partial charge on any atom is -0.376 e. The van der Waals surface area contributed by atoms with Crippen LogP contribution in [-0.2, 0) is 11.3 Å². The molecule has 3 nitrogen and oxygen atoms in total. The van der Waals surface area contributed by atoms with Gasteiger partial charge < -0.3 is 9.64 Å². The maximum Gasteiger partial charge on any atom is 0.129 e. The highest BCUT2D eigenvalue weighted by molar-refractivity contribution is 6.00. The molecule has 19 heavy (non-hydrogen) atoms. The van der Waals surface area contributed by atoms with Crippen molar-refractivity contribution < 1.29 is 9.13 Å². The van der Waals surface area contributed by atoms with E-state index in [0.29, 0.717) is 17.8 Å². The molecule has 2 unspecified atom stereocenters. The van der Waals surface area contributed by atoms with Crippen molar-refractivity contribution in [3.05, 3.63) is 35.1 Å². The number of nitrogens with zero attached hydrogens (tertiary/aromatic N) is 1. The molecule has 1 N–H and O–H groups in total. The van der Waals surface area contributed by atoms with E-state index >= 15 is 0 Å². The van der Waals surface area contributed by atoms with Crippen LogP contribution >= 0.6 is 0 Å². The zero-order valence-corrected chi connectivity index (χ0v) is 10.7. The van der Waals surface area contributed by atoms with E-state index in [9.17, 15) is 4.39 Å². The quantitative estimate of drug-likeness (QED) is 0.887. The third kappa shape index (κ3) is 1.77. The summed E-state index contributed by atoms with van der Waals surface area (Å²) in [4.78, 5) is 2.11. The lowest BCUT2D eigenvalue weighted by Gasteiger charge is -2.29. The van der Waals surface area contributed by atoms with Crippen LogP contribution in [0, 0.1) is 17.1 Å². The molecule has 2 fully saturated rings. The Hall–Kier alpha value is -1.42. The summed E-state index contributed by atoms with van der Waals surface area (Å²) in [5.41, 5.74) is 1.81. The Labute approximate surface area is 111 Å². The van der Waals surface area contributed by atoms with E-state index in [1.54, 1.807) is 6.07 Å². The number of hydrogen-bond acceptors (Lipinski definition) is 2. The number of ether oxygens (including phenoxy) is 1.